The molecule has 0 bridgehead atoms. The first-order chi connectivity index (χ1) is 12.3. The van der Waals surface area contributed by atoms with Crippen molar-refractivity contribution in [2.24, 2.45) is 5.41 Å². The molecule has 2 aliphatic heterocycles. The monoisotopic (exact) mass is 359 g/mol. The van der Waals surface area contributed by atoms with Crippen LogP contribution in [0.1, 0.15) is 23.3 Å². The summed E-state index contributed by atoms with van der Waals surface area (Å²) in [5.41, 5.74) is 1.68. The van der Waals surface area contributed by atoms with E-state index >= 15 is 0 Å². The van der Waals surface area contributed by atoms with Crippen LogP contribution in [-0.2, 0) is 4.74 Å². The predicted octanol–water partition coefficient (Wildman–Crippen LogP) is 1.69. The van der Waals surface area contributed by atoms with Crippen molar-refractivity contribution in [1.29, 1.82) is 0 Å². The number of pyridine rings is 1. The third-order valence-corrected chi connectivity index (χ3v) is 5.65. The number of carbonyl (C=O) groups is 1. The minimum Gasteiger partial charge on any atom is -0.379 e. The van der Waals surface area contributed by atoms with E-state index < -0.39 is 0 Å². The smallest absolute Gasteiger partial charge is 0.275 e. The summed E-state index contributed by atoms with van der Waals surface area (Å²) < 4.78 is 9.71. The zero-order valence-electron chi connectivity index (χ0n) is 14.0. The van der Waals surface area contributed by atoms with Gasteiger partial charge in [0.25, 0.3) is 5.91 Å². The van der Waals surface area contributed by atoms with Crippen LogP contribution in [0.3, 0.4) is 0 Å². The maximum atomic E-state index is 12.5. The van der Waals surface area contributed by atoms with Crippen LogP contribution in [0.5, 0.6) is 0 Å². The zero-order chi connectivity index (χ0) is 17.1. The lowest BCUT2D eigenvalue weighted by Crippen LogP contribution is -2.49. The van der Waals surface area contributed by atoms with Gasteiger partial charge in [0.2, 0.25) is 0 Å². The van der Waals surface area contributed by atoms with Gasteiger partial charge in [-0.05, 0) is 36.5 Å². The minimum absolute atomic E-state index is 0.0118. The van der Waals surface area contributed by atoms with Gasteiger partial charge < -0.3 is 14.5 Å². The molecule has 1 spiro atoms. The summed E-state index contributed by atoms with van der Waals surface area (Å²) in [6, 6.07) is 4.07. The van der Waals surface area contributed by atoms with Gasteiger partial charge in [0.1, 0.15) is 0 Å². The van der Waals surface area contributed by atoms with Crippen LogP contribution in [-0.4, -0.2) is 64.8 Å². The Morgan fingerprint density at radius 1 is 1.28 bits per heavy atom. The van der Waals surface area contributed by atoms with Crippen molar-refractivity contribution in [2.45, 2.75) is 12.8 Å². The van der Waals surface area contributed by atoms with E-state index in [0.29, 0.717) is 5.69 Å². The highest BCUT2D eigenvalue weighted by Gasteiger charge is 2.39. The molecule has 0 atom stereocenters. The van der Waals surface area contributed by atoms with Gasteiger partial charge in [-0.2, -0.15) is 0 Å². The Balaban J connectivity index is 1.44. The van der Waals surface area contributed by atoms with Crippen LogP contribution in [0.2, 0.25) is 0 Å². The average Bonchev–Trinajstić information content (AvgIpc) is 3.12. The molecule has 7 nitrogen and oxygen atoms in total. The number of carbonyl (C=O) groups excluding carboxylic acids is 1. The second-order valence-corrected chi connectivity index (χ2v) is 7.38. The summed E-state index contributed by atoms with van der Waals surface area (Å²) in [5.74, 6) is -0.0118. The molecule has 0 unspecified atom stereocenters. The van der Waals surface area contributed by atoms with Gasteiger partial charge in [-0.25, -0.2) is 0 Å². The molecule has 1 amide bonds. The molecule has 0 aromatic carbocycles. The van der Waals surface area contributed by atoms with E-state index in [-0.39, 0.29) is 11.3 Å². The zero-order valence-corrected chi connectivity index (χ0v) is 14.8. The van der Waals surface area contributed by atoms with Crippen molar-refractivity contribution < 1.29 is 9.53 Å². The fourth-order valence-corrected chi connectivity index (χ4v) is 4.09. The van der Waals surface area contributed by atoms with E-state index in [1.54, 1.807) is 11.6 Å². The van der Waals surface area contributed by atoms with Crippen LogP contribution >= 0.6 is 11.5 Å². The molecule has 132 valence electrons. The van der Waals surface area contributed by atoms with E-state index in [1.165, 1.54) is 11.5 Å². The first-order valence-corrected chi connectivity index (χ1v) is 9.39. The number of hydrogen-bond donors (Lipinski definition) is 0. The van der Waals surface area contributed by atoms with Gasteiger partial charge in [0.15, 0.2) is 5.69 Å². The van der Waals surface area contributed by atoms with Gasteiger partial charge in [-0.3, -0.25) is 9.78 Å². The normalized spacial score (nSPS) is 20.5. The van der Waals surface area contributed by atoms with Crippen molar-refractivity contribution in [3.05, 3.63) is 35.6 Å². The lowest BCUT2D eigenvalue weighted by atomic mass is 9.78. The number of nitrogens with zero attached hydrogens (tertiary/aromatic N) is 5. The number of ether oxygens (including phenoxy) is 1. The van der Waals surface area contributed by atoms with Crippen LogP contribution in [0.4, 0.5) is 5.69 Å². The van der Waals surface area contributed by atoms with E-state index in [0.717, 1.165) is 57.9 Å². The lowest BCUT2D eigenvalue weighted by molar-refractivity contribution is 0.0205. The highest BCUT2D eigenvalue weighted by atomic mass is 32.1. The lowest BCUT2D eigenvalue weighted by Gasteiger charge is -2.42. The quantitative estimate of drug-likeness (QED) is 0.813. The first kappa shape index (κ1) is 16.4. The summed E-state index contributed by atoms with van der Waals surface area (Å²) in [4.78, 5) is 21.0. The molecule has 4 rings (SSSR count). The average molecular weight is 359 g/mol. The maximum absolute atomic E-state index is 12.5. The highest BCUT2D eigenvalue weighted by Crippen LogP contribution is 2.36. The summed E-state index contributed by atoms with van der Waals surface area (Å²) >= 11 is 1.21. The molecule has 2 aromatic rings. The molecule has 25 heavy (non-hydrogen) atoms. The molecule has 4 heterocycles. The largest absolute Gasteiger partial charge is 0.379 e. The molecule has 0 saturated carbocycles. The van der Waals surface area contributed by atoms with Crippen molar-refractivity contribution in [1.82, 2.24) is 19.5 Å². The van der Waals surface area contributed by atoms with Crippen molar-refractivity contribution >= 4 is 23.1 Å². The SMILES string of the molecule is O=C(c1csnn1)N1CCC2(CC1)COCCN(c1cccnc1)C2. The molecule has 0 radical (unpaired) electrons. The Hall–Kier alpha value is -2.06. The van der Waals surface area contributed by atoms with Gasteiger partial charge in [-0.1, -0.05) is 4.49 Å². The van der Waals surface area contributed by atoms with E-state index in [4.69, 9.17) is 4.74 Å². The van der Waals surface area contributed by atoms with Crippen LogP contribution in [0.15, 0.2) is 29.9 Å². The number of amides is 1. The number of likely N-dealkylation sites (tertiary alicyclic amines) is 1. The van der Waals surface area contributed by atoms with Gasteiger partial charge in [-0.15, -0.1) is 5.10 Å². The summed E-state index contributed by atoms with van der Waals surface area (Å²) in [7, 11) is 0. The Morgan fingerprint density at radius 3 is 2.88 bits per heavy atom. The van der Waals surface area contributed by atoms with Crippen molar-refractivity contribution in [2.75, 3.05) is 44.3 Å². The Morgan fingerprint density at radius 2 is 2.16 bits per heavy atom. The first-order valence-electron chi connectivity index (χ1n) is 8.55. The second kappa shape index (κ2) is 7.05. The molecule has 8 heteroatoms. The van der Waals surface area contributed by atoms with E-state index in [1.807, 2.05) is 17.2 Å². The topological polar surface area (TPSA) is 71.5 Å². The predicted molar refractivity (Wildman–Crippen MR) is 94.7 cm³/mol. The van der Waals surface area contributed by atoms with Crippen LogP contribution in [0.25, 0.3) is 0 Å². The molecular formula is C17H21N5O2S. The Kier molecular flexibility index (Phi) is 4.63. The Labute approximate surface area is 150 Å². The molecular weight excluding hydrogens is 338 g/mol. The number of piperidine rings is 1. The third-order valence-electron chi connectivity index (χ3n) is 5.14. The maximum Gasteiger partial charge on any atom is 0.275 e. The minimum atomic E-state index is -0.0118. The molecule has 0 N–H and O–H groups in total. The fourth-order valence-electron chi connectivity index (χ4n) is 3.66. The molecule has 0 aliphatic carbocycles. The number of anilines is 1. The number of rotatable bonds is 2. The van der Waals surface area contributed by atoms with Gasteiger partial charge >= 0.3 is 0 Å². The summed E-state index contributed by atoms with van der Waals surface area (Å²) in [5, 5.41) is 5.61. The highest BCUT2D eigenvalue weighted by molar-refractivity contribution is 7.03. The Bertz CT molecular complexity index is 701. The number of hydrogen-bond acceptors (Lipinski definition) is 7. The van der Waals surface area contributed by atoms with E-state index in [2.05, 4.69) is 25.5 Å². The molecule has 2 aromatic heterocycles. The summed E-state index contributed by atoms with van der Waals surface area (Å²) in [6.45, 7) is 4.77. The molecule has 2 saturated heterocycles. The third kappa shape index (κ3) is 3.50. The van der Waals surface area contributed by atoms with Crippen LogP contribution in [0, 0.1) is 5.41 Å². The van der Waals surface area contributed by atoms with Gasteiger partial charge in [0, 0.05) is 43.2 Å². The van der Waals surface area contributed by atoms with E-state index in [9.17, 15) is 4.79 Å². The molecule has 2 aliphatic rings. The van der Waals surface area contributed by atoms with Crippen LogP contribution < -0.4 is 4.90 Å². The number of aromatic nitrogens is 3. The second-order valence-electron chi connectivity index (χ2n) is 6.77. The van der Waals surface area contributed by atoms with Crippen molar-refractivity contribution in [3.8, 4) is 0 Å². The fraction of sp³-hybridized carbons (Fsp3) is 0.529. The standard InChI is InChI=1S/C17H21N5O2S/c23-16(15-11-25-20-19-15)21-6-3-17(4-7-21)12-22(8-9-24-13-17)14-2-1-5-18-10-14/h1-2,5,10-11H,3-4,6-9,12-13H2. The van der Waals surface area contributed by atoms with Gasteiger partial charge in [0.05, 0.1) is 25.1 Å². The van der Waals surface area contributed by atoms with Crippen molar-refractivity contribution in [3.63, 3.8) is 0 Å². The summed E-state index contributed by atoms with van der Waals surface area (Å²) in [6.07, 6.45) is 5.58. The molecule has 2 fully saturated rings.